The lowest BCUT2D eigenvalue weighted by Gasteiger charge is -2.22. The number of benzene rings is 10. The summed E-state index contributed by atoms with van der Waals surface area (Å²) in [5, 5.41) is 25.4. The molecule has 2 N–H and O–H groups in total. The van der Waals surface area contributed by atoms with E-state index in [1.807, 2.05) is 24.3 Å². The topological polar surface area (TPSA) is 59.5 Å². The fraction of sp³-hybridized carbons (Fsp3) is 0.155. The lowest BCUT2D eigenvalue weighted by molar-refractivity contribution is 0.198. The molecule has 7 heteroatoms. The molecule has 0 bridgehead atoms. The van der Waals surface area contributed by atoms with Gasteiger partial charge in [0.15, 0.2) is 0 Å². The molecule has 0 atom stereocenters. The quantitative estimate of drug-likeness (QED) is 0.169. The molecule has 5 nitrogen and oxygen atoms in total. The summed E-state index contributed by atoms with van der Waals surface area (Å²) >= 11 is 3.82. The van der Waals surface area contributed by atoms with Crippen molar-refractivity contribution in [3.63, 3.8) is 0 Å². The van der Waals surface area contributed by atoms with Gasteiger partial charge in [-0.05, 0) is 152 Å². The third-order valence-electron chi connectivity index (χ3n) is 16.5. The van der Waals surface area contributed by atoms with E-state index in [4.69, 9.17) is 4.74 Å². The first kappa shape index (κ1) is 51.0. The normalized spacial score (nSPS) is 14.2. The lowest BCUT2D eigenvalue weighted by Crippen LogP contribution is -2.30. The molecule has 15 rings (SSSR count). The molecule has 0 radical (unpaired) electrons. The Labute approximate surface area is 466 Å². The van der Waals surface area contributed by atoms with Gasteiger partial charge in [0.1, 0.15) is 0 Å². The lowest BCUT2D eigenvalue weighted by atomic mass is 9.78. The molecule has 78 heavy (non-hydrogen) atoms. The number of nitrogens with zero attached hydrogens (tertiary/aromatic N) is 2. The average molecular weight is 1080 g/mol. The monoisotopic (exact) mass is 1080 g/mol. The Balaban J connectivity index is 0.000000142. The molecule has 3 heterocycles. The van der Waals surface area contributed by atoms with Crippen LogP contribution in [0.1, 0.15) is 70.2 Å². The zero-order valence-corrected chi connectivity index (χ0v) is 45.4. The number of hydrogen-bond acceptors (Lipinski definition) is 3. The molecule has 0 saturated carbocycles. The van der Waals surface area contributed by atoms with Gasteiger partial charge in [-0.15, -0.1) is 0 Å². The molecule has 1 aliphatic heterocycles. The SMILES string of the molecule is C.C1CCOC1.CC1(C)c2ccccc2-c2ccc(-c3cc(B(O)O)cc(-n4c5ccccc5c5ccccc54)c3)cc21.CC1(C)c2ccccc2-c2ccc(-c3cc(Br)cc(-n4c5ccccc5c5ccccc54)c3)cc21. The fourth-order valence-electron chi connectivity index (χ4n) is 12.6. The maximum atomic E-state index is 10.2. The van der Waals surface area contributed by atoms with Gasteiger partial charge in [0.2, 0.25) is 0 Å². The number of ether oxygens (including phenoxy) is 1. The van der Waals surface area contributed by atoms with E-state index in [0.717, 1.165) is 51.2 Å². The highest BCUT2D eigenvalue weighted by Gasteiger charge is 2.36. The first-order chi connectivity index (χ1) is 37.5. The van der Waals surface area contributed by atoms with Gasteiger partial charge in [0.25, 0.3) is 0 Å². The minimum absolute atomic E-state index is 0. The highest BCUT2D eigenvalue weighted by atomic mass is 79.9. The van der Waals surface area contributed by atoms with E-state index in [-0.39, 0.29) is 18.3 Å². The van der Waals surface area contributed by atoms with Gasteiger partial charge in [0, 0.05) is 61.4 Å². The van der Waals surface area contributed by atoms with Crippen molar-refractivity contribution in [1.29, 1.82) is 0 Å². The van der Waals surface area contributed by atoms with Crippen LogP contribution in [-0.2, 0) is 15.6 Å². The maximum absolute atomic E-state index is 10.2. The van der Waals surface area contributed by atoms with Crippen molar-refractivity contribution < 1.29 is 14.8 Å². The summed E-state index contributed by atoms with van der Waals surface area (Å²) in [6.45, 7) is 11.2. The first-order valence-corrected chi connectivity index (χ1v) is 27.6. The molecule has 2 aliphatic carbocycles. The standard InChI is InChI=1S/C33H26BNO2.C33H24BrN.C4H8O.CH4/c1-33(2)29-12-6-3-9-25(29)26-16-15-21(19-30(26)33)22-17-23(34(36)37)20-24(18-22)35-31-13-7-4-10-27(31)28-11-5-8-14-32(28)35;1-33(2)29-12-6-3-9-25(29)26-16-15-21(19-30(26)33)22-17-23(34)20-24(18-22)35-31-13-7-4-10-27(31)28-11-5-8-14-32(28)35;1-2-4-5-3-1;/h3-20,36-37H,1-2H3;3-20H,1-2H3;1-4H2;1H4. The summed E-state index contributed by atoms with van der Waals surface area (Å²) < 4.78 is 10.6. The molecule has 1 fully saturated rings. The van der Waals surface area contributed by atoms with Crippen LogP contribution in [0.2, 0.25) is 0 Å². The van der Waals surface area contributed by atoms with E-state index in [1.165, 1.54) is 101 Å². The van der Waals surface area contributed by atoms with Gasteiger partial charge >= 0.3 is 7.12 Å². The second-order valence-electron chi connectivity index (χ2n) is 21.8. The summed E-state index contributed by atoms with van der Waals surface area (Å²) in [4.78, 5) is 0. The van der Waals surface area contributed by atoms with Crippen LogP contribution in [0.5, 0.6) is 0 Å². The van der Waals surface area contributed by atoms with Crippen LogP contribution < -0.4 is 5.46 Å². The Hall–Kier alpha value is -7.78. The Morgan fingerprint density at radius 3 is 1.18 bits per heavy atom. The van der Waals surface area contributed by atoms with Crippen molar-refractivity contribution in [2.45, 2.75) is 58.8 Å². The number of para-hydroxylation sites is 4. The number of rotatable bonds is 5. The largest absolute Gasteiger partial charge is 0.488 e. The van der Waals surface area contributed by atoms with Gasteiger partial charge in [-0.2, -0.15) is 0 Å². The minimum atomic E-state index is -1.57. The van der Waals surface area contributed by atoms with Crippen molar-refractivity contribution in [2.24, 2.45) is 0 Å². The van der Waals surface area contributed by atoms with E-state index in [1.54, 1.807) is 0 Å². The van der Waals surface area contributed by atoms with E-state index in [0.29, 0.717) is 5.46 Å². The molecule has 12 aromatic rings. The predicted molar refractivity (Wildman–Crippen MR) is 332 cm³/mol. The van der Waals surface area contributed by atoms with E-state index in [9.17, 15) is 10.0 Å². The summed E-state index contributed by atoms with van der Waals surface area (Å²) in [5.74, 6) is 0. The first-order valence-electron chi connectivity index (χ1n) is 26.8. The number of aromatic nitrogens is 2. The summed E-state index contributed by atoms with van der Waals surface area (Å²) in [6.07, 6.45) is 2.56. The predicted octanol–water partition coefficient (Wildman–Crippen LogP) is 17.4. The van der Waals surface area contributed by atoms with Crippen LogP contribution >= 0.6 is 15.9 Å². The Morgan fingerprint density at radius 2 is 0.769 bits per heavy atom. The second-order valence-corrected chi connectivity index (χ2v) is 22.7. The zero-order chi connectivity index (χ0) is 52.6. The van der Waals surface area contributed by atoms with Crippen molar-refractivity contribution in [2.75, 3.05) is 13.2 Å². The van der Waals surface area contributed by atoms with Crippen LogP contribution in [0.4, 0.5) is 0 Å². The van der Waals surface area contributed by atoms with Crippen molar-refractivity contribution in [3.05, 3.63) is 245 Å². The van der Waals surface area contributed by atoms with Crippen molar-refractivity contribution in [1.82, 2.24) is 9.13 Å². The highest BCUT2D eigenvalue weighted by molar-refractivity contribution is 9.10. The third kappa shape index (κ3) is 8.61. The molecule has 1 saturated heterocycles. The summed E-state index contributed by atoms with van der Waals surface area (Å²) in [7, 11) is -1.57. The highest BCUT2D eigenvalue weighted by Crippen LogP contribution is 2.51. The number of hydrogen-bond donors (Lipinski definition) is 2. The second kappa shape index (κ2) is 20.2. The third-order valence-corrected chi connectivity index (χ3v) is 16.9. The number of halogens is 1. The Morgan fingerprint density at radius 1 is 0.397 bits per heavy atom. The maximum Gasteiger partial charge on any atom is 0.488 e. The summed E-state index contributed by atoms with van der Waals surface area (Å²) in [6, 6.07) is 77.8. The van der Waals surface area contributed by atoms with Crippen LogP contribution in [0.3, 0.4) is 0 Å². The number of fused-ring (bicyclic) bond motifs is 12. The van der Waals surface area contributed by atoms with E-state index < -0.39 is 7.12 Å². The van der Waals surface area contributed by atoms with Crippen molar-refractivity contribution >= 4 is 72.1 Å². The molecular formula is C71H62BBrN2O3. The van der Waals surface area contributed by atoms with Crippen LogP contribution in [0.15, 0.2) is 223 Å². The van der Waals surface area contributed by atoms with Gasteiger partial charge in [-0.1, -0.05) is 203 Å². The van der Waals surface area contributed by atoms with E-state index >= 15 is 0 Å². The van der Waals surface area contributed by atoms with Crippen molar-refractivity contribution in [3.8, 4) is 55.9 Å². The minimum Gasteiger partial charge on any atom is -0.423 e. The molecular weight excluding hydrogens is 1020 g/mol. The van der Waals surface area contributed by atoms with Gasteiger partial charge in [-0.25, -0.2) is 0 Å². The Kier molecular flexibility index (Phi) is 13.2. The van der Waals surface area contributed by atoms with Crippen LogP contribution in [0.25, 0.3) is 99.5 Å². The molecule has 10 aromatic carbocycles. The molecule has 2 aromatic heterocycles. The smallest absolute Gasteiger partial charge is 0.423 e. The molecule has 0 amide bonds. The van der Waals surface area contributed by atoms with Crippen LogP contribution in [0, 0.1) is 0 Å². The summed E-state index contributed by atoms with van der Waals surface area (Å²) in [5.41, 5.74) is 22.2. The van der Waals surface area contributed by atoms with Gasteiger partial charge in [-0.3, -0.25) is 0 Å². The fourth-order valence-corrected chi connectivity index (χ4v) is 13.1. The molecule has 3 aliphatic rings. The molecule has 0 spiro atoms. The van der Waals surface area contributed by atoms with Gasteiger partial charge in [0.05, 0.1) is 22.1 Å². The van der Waals surface area contributed by atoms with Gasteiger partial charge < -0.3 is 23.9 Å². The van der Waals surface area contributed by atoms with Crippen LogP contribution in [-0.4, -0.2) is 39.5 Å². The molecule has 0 unspecified atom stereocenters. The van der Waals surface area contributed by atoms with E-state index in [2.05, 4.69) is 247 Å². The Bertz CT molecular complexity index is 4160. The zero-order valence-electron chi connectivity index (χ0n) is 43.8. The average Bonchev–Trinajstić information content (AvgIpc) is 4.45. The molecule has 384 valence electrons.